The lowest BCUT2D eigenvalue weighted by Crippen LogP contribution is -2.23. The largest absolute Gasteiger partial charge is 0.457 e. The molecule has 3 aromatic heterocycles. The lowest BCUT2D eigenvalue weighted by atomic mass is 10.2. The van der Waals surface area contributed by atoms with Gasteiger partial charge in [0.15, 0.2) is 5.82 Å². The van der Waals surface area contributed by atoms with E-state index in [2.05, 4.69) is 26.0 Å². The topological polar surface area (TPSA) is 60.4 Å². The predicted octanol–water partition coefficient (Wildman–Crippen LogP) is 5.70. The van der Waals surface area contributed by atoms with Crippen LogP contribution in [0.15, 0.2) is 68.3 Å². The van der Waals surface area contributed by atoms with Crippen molar-refractivity contribution in [1.82, 2.24) is 14.6 Å². The van der Waals surface area contributed by atoms with Gasteiger partial charge in [0.2, 0.25) is 4.96 Å². The van der Waals surface area contributed by atoms with E-state index in [-0.39, 0.29) is 5.56 Å². The normalized spacial score (nSPS) is 12.2. The fourth-order valence-electron chi connectivity index (χ4n) is 2.95. The standard InChI is InChI=1S/C21H10BrCl2N3O2S/c22-12-3-1-11(2-4-12)17-8-6-14(29-17)10-18-20(28)27-21(30-18)25-19(26-27)15-7-5-13(23)9-16(15)24/h1-10H/b18-10-. The first-order valence-corrected chi connectivity index (χ1v) is 11.1. The molecule has 0 amide bonds. The molecule has 0 aliphatic rings. The van der Waals surface area contributed by atoms with E-state index in [9.17, 15) is 4.79 Å². The maximum Gasteiger partial charge on any atom is 0.291 e. The molecule has 0 fully saturated rings. The van der Waals surface area contributed by atoms with Crippen molar-refractivity contribution in [2.75, 3.05) is 0 Å². The third-order valence-corrected chi connectivity index (χ3v) is 6.42. The van der Waals surface area contributed by atoms with Crippen LogP contribution in [0.25, 0.3) is 33.7 Å². The third kappa shape index (κ3) is 3.58. The van der Waals surface area contributed by atoms with Gasteiger partial charge in [0.25, 0.3) is 5.56 Å². The maximum absolute atomic E-state index is 12.8. The number of furan rings is 1. The van der Waals surface area contributed by atoms with E-state index in [4.69, 9.17) is 27.6 Å². The summed E-state index contributed by atoms with van der Waals surface area (Å²) >= 11 is 16.8. The Morgan fingerprint density at radius 1 is 1.07 bits per heavy atom. The highest BCUT2D eigenvalue weighted by molar-refractivity contribution is 9.10. The fourth-order valence-corrected chi connectivity index (χ4v) is 4.59. The van der Waals surface area contributed by atoms with E-state index in [0.717, 1.165) is 15.8 Å². The Morgan fingerprint density at radius 2 is 1.87 bits per heavy atom. The maximum atomic E-state index is 12.8. The first-order valence-electron chi connectivity index (χ1n) is 8.70. The molecule has 0 spiro atoms. The van der Waals surface area contributed by atoms with Gasteiger partial charge in [0.1, 0.15) is 16.1 Å². The molecule has 5 aromatic rings. The summed E-state index contributed by atoms with van der Waals surface area (Å²) in [4.78, 5) is 17.7. The molecule has 5 rings (SSSR count). The summed E-state index contributed by atoms with van der Waals surface area (Å²) in [5.74, 6) is 1.68. The Labute approximate surface area is 192 Å². The SMILES string of the molecule is O=c1/c(=C/c2ccc(-c3ccc(Br)cc3)o2)sc2nc(-c3ccc(Cl)cc3Cl)nn12. The Balaban J connectivity index is 1.52. The predicted molar refractivity (Wildman–Crippen MR) is 123 cm³/mol. The van der Waals surface area contributed by atoms with Gasteiger partial charge >= 0.3 is 0 Å². The number of fused-ring (bicyclic) bond motifs is 1. The van der Waals surface area contributed by atoms with E-state index < -0.39 is 0 Å². The highest BCUT2D eigenvalue weighted by Crippen LogP contribution is 2.28. The van der Waals surface area contributed by atoms with Crippen molar-refractivity contribution in [2.24, 2.45) is 0 Å². The Morgan fingerprint density at radius 3 is 2.60 bits per heavy atom. The molecule has 0 unspecified atom stereocenters. The fraction of sp³-hybridized carbons (Fsp3) is 0. The van der Waals surface area contributed by atoms with Crippen LogP contribution in [0.4, 0.5) is 0 Å². The molecule has 148 valence electrons. The van der Waals surface area contributed by atoms with Gasteiger partial charge in [0, 0.05) is 26.7 Å². The smallest absolute Gasteiger partial charge is 0.291 e. The van der Waals surface area contributed by atoms with Crippen LogP contribution >= 0.6 is 50.5 Å². The van der Waals surface area contributed by atoms with Crippen molar-refractivity contribution in [3.05, 3.63) is 89.8 Å². The number of hydrogen-bond acceptors (Lipinski definition) is 5. The van der Waals surface area contributed by atoms with Gasteiger partial charge in [-0.2, -0.15) is 9.50 Å². The minimum atomic E-state index is -0.263. The molecule has 0 N–H and O–H groups in total. The van der Waals surface area contributed by atoms with E-state index >= 15 is 0 Å². The number of rotatable bonds is 3. The molecule has 0 radical (unpaired) electrons. The summed E-state index contributed by atoms with van der Waals surface area (Å²) in [6.45, 7) is 0. The number of halogens is 3. The minimum absolute atomic E-state index is 0.263. The number of hydrogen-bond donors (Lipinski definition) is 0. The second-order valence-electron chi connectivity index (χ2n) is 6.38. The zero-order chi connectivity index (χ0) is 20.8. The highest BCUT2D eigenvalue weighted by atomic mass is 79.9. The summed E-state index contributed by atoms with van der Waals surface area (Å²) in [5.41, 5.74) is 1.31. The first-order chi connectivity index (χ1) is 14.5. The van der Waals surface area contributed by atoms with E-state index in [1.54, 1.807) is 24.3 Å². The zero-order valence-corrected chi connectivity index (χ0v) is 18.9. The van der Waals surface area contributed by atoms with Crippen molar-refractivity contribution >= 4 is 61.5 Å². The van der Waals surface area contributed by atoms with Crippen molar-refractivity contribution in [3.8, 4) is 22.7 Å². The lowest BCUT2D eigenvalue weighted by Gasteiger charge is -1.98. The van der Waals surface area contributed by atoms with Crippen molar-refractivity contribution in [1.29, 1.82) is 0 Å². The Hall–Kier alpha value is -2.45. The number of aromatic nitrogens is 3. The van der Waals surface area contributed by atoms with Crippen LogP contribution in [-0.2, 0) is 0 Å². The van der Waals surface area contributed by atoms with E-state index in [1.165, 1.54) is 15.9 Å². The van der Waals surface area contributed by atoms with Crippen LogP contribution in [0, 0.1) is 0 Å². The van der Waals surface area contributed by atoms with Gasteiger partial charge in [-0.1, -0.05) is 62.6 Å². The van der Waals surface area contributed by atoms with Crippen molar-refractivity contribution < 1.29 is 4.42 Å². The van der Waals surface area contributed by atoms with E-state index in [0.29, 0.717) is 36.7 Å². The molecule has 5 nitrogen and oxygen atoms in total. The molecule has 0 atom stereocenters. The molecule has 30 heavy (non-hydrogen) atoms. The Bertz CT molecular complexity index is 1510. The summed E-state index contributed by atoms with van der Waals surface area (Å²) < 4.78 is 8.63. The van der Waals surface area contributed by atoms with Crippen LogP contribution in [0.5, 0.6) is 0 Å². The number of nitrogens with zero attached hydrogens (tertiary/aromatic N) is 3. The van der Waals surface area contributed by atoms with Gasteiger partial charge < -0.3 is 4.42 Å². The third-order valence-electron chi connectivity index (χ3n) is 4.38. The molecule has 0 bridgehead atoms. The van der Waals surface area contributed by atoms with Gasteiger partial charge in [0.05, 0.1) is 5.02 Å². The second kappa shape index (κ2) is 7.67. The molecule has 3 heterocycles. The average molecular weight is 519 g/mol. The van der Waals surface area contributed by atoms with Crippen LogP contribution in [0.2, 0.25) is 10.0 Å². The van der Waals surface area contributed by atoms with Crippen molar-refractivity contribution in [3.63, 3.8) is 0 Å². The zero-order valence-electron chi connectivity index (χ0n) is 15.0. The monoisotopic (exact) mass is 517 g/mol. The molecule has 2 aromatic carbocycles. The Kier molecular flexibility index (Phi) is 4.99. The highest BCUT2D eigenvalue weighted by Gasteiger charge is 2.15. The molecule has 9 heteroatoms. The number of thiazole rings is 1. The average Bonchev–Trinajstić information content (AvgIpc) is 3.41. The van der Waals surface area contributed by atoms with Crippen LogP contribution in [-0.4, -0.2) is 14.6 Å². The molecule has 0 aliphatic heterocycles. The molecule has 0 saturated carbocycles. The van der Waals surface area contributed by atoms with Crippen molar-refractivity contribution in [2.45, 2.75) is 0 Å². The second-order valence-corrected chi connectivity index (χ2v) is 9.15. The summed E-state index contributed by atoms with van der Waals surface area (Å²) in [5, 5.41) is 5.26. The molecule has 0 aliphatic carbocycles. The van der Waals surface area contributed by atoms with Gasteiger partial charge in [-0.05, 0) is 42.5 Å². The summed E-state index contributed by atoms with van der Waals surface area (Å²) in [6.07, 6.45) is 1.70. The van der Waals surface area contributed by atoms with E-state index in [1.807, 2.05) is 36.4 Å². The van der Waals surface area contributed by atoms with Crippen LogP contribution < -0.4 is 10.1 Å². The van der Waals surface area contributed by atoms with Crippen LogP contribution in [0.1, 0.15) is 5.76 Å². The summed E-state index contributed by atoms with van der Waals surface area (Å²) in [6, 6.07) is 16.6. The van der Waals surface area contributed by atoms with Gasteiger partial charge in [-0.15, -0.1) is 5.10 Å². The minimum Gasteiger partial charge on any atom is -0.457 e. The molecular formula is C21H10BrCl2N3O2S. The summed E-state index contributed by atoms with van der Waals surface area (Å²) in [7, 11) is 0. The molecule has 0 saturated heterocycles. The van der Waals surface area contributed by atoms with Gasteiger partial charge in [-0.3, -0.25) is 4.79 Å². The first kappa shape index (κ1) is 19.5. The quantitative estimate of drug-likeness (QED) is 0.307. The number of benzene rings is 2. The molecular weight excluding hydrogens is 509 g/mol. The lowest BCUT2D eigenvalue weighted by molar-refractivity contribution is 0.571. The van der Waals surface area contributed by atoms with Gasteiger partial charge in [-0.25, -0.2) is 0 Å². The van der Waals surface area contributed by atoms with Crippen LogP contribution in [0.3, 0.4) is 0 Å².